The number of benzene rings is 2. The van der Waals surface area contributed by atoms with Crippen LogP contribution in [0.25, 0.3) is 10.2 Å². The number of furan rings is 1. The zero-order valence-corrected chi connectivity index (χ0v) is 18.0. The first-order valence-electron chi connectivity index (χ1n) is 8.18. The van der Waals surface area contributed by atoms with Crippen LogP contribution in [0.1, 0.15) is 21.7 Å². The number of halogens is 2. The SMILES string of the molecule is Cc1cc(Cl)cc2sc(N(Cc3ccco3)C(=O)c3ccccc3I)nc12. The zero-order chi connectivity index (χ0) is 19.0. The molecule has 2 aromatic heterocycles. The van der Waals surface area contributed by atoms with E-state index in [4.69, 9.17) is 21.0 Å². The molecule has 0 N–H and O–H groups in total. The molecule has 1 amide bonds. The van der Waals surface area contributed by atoms with Gasteiger partial charge in [0.1, 0.15) is 5.76 Å². The molecule has 4 nitrogen and oxygen atoms in total. The van der Waals surface area contributed by atoms with Gasteiger partial charge in [-0.1, -0.05) is 35.1 Å². The van der Waals surface area contributed by atoms with Crippen LogP contribution < -0.4 is 4.90 Å². The van der Waals surface area contributed by atoms with Crippen molar-refractivity contribution in [2.24, 2.45) is 0 Å². The molecule has 0 fully saturated rings. The molecule has 0 spiro atoms. The average molecular weight is 509 g/mol. The van der Waals surface area contributed by atoms with Gasteiger partial charge in [-0.2, -0.15) is 0 Å². The maximum absolute atomic E-state index is 13.3. The first-order valence-corrected chi connectivity index (χ1v) is 10.5. The molecule has 0 bridgehead atoms. The van der Waals surface area contributed by atoms with Crippen molar-refractivity contribution in [3.8, 4) is 0 Å². The average Bonchev–Trinajstić information content (AvgIpc) is 3.29. The van der Waals surface area contributed by atoms with Gasteiger partial charge in [0, 0.05) is 8.59 Å². The summed E-state index contributed by atoms with van der Waals surface area (Å²) in [6.45, 7) is 2.28. The van der Waals surface area contributed by atoms with Gasteiger partial charge in [-0.25, -0.2) is 4.98 Å². The highest BCUT2D eigenvalue weighted by molar-refractivity contribution is 14.1. The number of aromatic nitrogens is 1. The van der Waals surface area contributed by atoms with E-state index in [1.165, 1.54) is 11.3 Å². The smallest absolute Gasteiger partial charge is 0.261 e. The normalized spacial score (nSPS) is 11.1. The Morgan fingerprint density at radius 2 is 2.07 bits per heavy atom. The number of aryl methyl sites for hydroxylation is 1. The number of hydrogen-bond acceptors (Lipinski definition) is 4. The van der Waals surface area contributed by atoms with Gasteiger partial charge in [0.2, 0.25) is 0 Å². The number of hydrogen-bond donors (Lipinski definition) is 0. The van der Waals surface area contributed by atoms with E-state index in [0.29, 0.717) is 28.0 Å². The second-order valence-electron chi connectivity index (χ2n) is 6.02. The van der Waals surface area contributed by atoms with Gasteiger partial charge in [0.25, 0.3) is 5.91 Å². The van der Waals surface area contributed by atoms with Crippen LogP contribution in [0.15, 0.2) is 59.2 Å². The molecule has 0 atom stereocenters. The predicted molar refractivity (Wildman–Crippen MR) is 118 cm³/mol. The van der Waals surface area contributed by atoms with Crippen molar-refractivity contribution >= 4 is 66.8 Å². The maximum Gasteiger partial charge on any atom is 0.261 e. The van der Waals surface area contributed by atoms with Gasteiger partial charge in [0.05, 0.1) is 28.6 Å². The zero-order valence-electron chi connectivity index (χ0n) is 14.3. The predicted octanol–water partition coefficient (Wildman–Crippen LogP) is 6.30. The van der Waals surface area contributed by atoms with Crippen molar-refractivity contribution in [1.82, 2.24) is 4.98 Å². The maximum atomic E-state index is 13.3. The molecule has 27 heavy (non-hydrogen) atoms. The molecule has 0 saturated heterocycles. The number of carbonyl (C=O) groups excluding carboxylic acids is 1. The van der Waals surface area contributed by atoms with Crippen LogP contribution in [0, 0.1) is 10.5 Å². The fourth-order valence-electron chi connectivity index (χ4n) is 2.82. The van der Waals surface area contributed by atoms with Crippen molar-refractivity contribution in [3.05, 3.63) is 80.3 Å². The van der Waals surface area contributed by atoms with E-state index in [-0.39, 0.29) is 5.91 Å². The third kappa shape index (κ3) is 3.74. The molecule has 7 heteroatoms. The van der Waals surface area contributed by atoms with Crippen LogP contribution in [-0.2, 0) is 6.54 Å². The molecule has 0 radical (unpaired) electrons. The minimum absolute atomic E-state index is 0.112. The number of carbonyl (C=O) groups is 1. The lowest BCUT2D eigenvalue weighted by Crippen LogP contribution is -2.30. The minimum Gasteiger partial charge on any atom is -0.467 e. The Balaban J connectivity index is 1.82. The van der Waals surface area contributed by atoms with Gasteiger partial charge < -0.3 is 4.42 Å². The molecule has 4 rings (SSSR count). The van der Waals surface area contributed by atoms with E-state index in [2.05, 4.69) is 22.6 Å². The molecule has 136 valence electrons. The Bertz CT molecular complexity index is 1120. The lowest BCUT2D eigenvalue weighted by Gasteiger charge is -2.19. The van der Waals surface area contributed by atoms with Crippen molar-refractivity contribution in [2.75, 3.05) is 4.90 Å². The van der Waals surface area contributed by atoms with Gasteiger partial charge in [-0.05, 0) is 71.5 Å². The highest BCUT2D eigenvalue weighted by atomic mass is 127. The molecule has 0 aliphatic rings. The van der Waals surface area contributed by atoms with Crippen LogP contribution in [0.2, 0.25) is 5.02 Å². The van der Waals surface area contributed by atoms with Gasteiger partial charge in [0.15, 0.2) is 5.13 Å². The minimum atomic E-state index is -0.112. The molecule has 2 heterocycles. The van der Waals surface area contributed by atoms with E-state index in [9.17, 15) is 4.79 Å². The first kappa shape index (κ1) is 18.5. The molecule has 4 aromatic rings. The van der Waals surface area contributed by atoms with E-state index in [1.807, 2.05) is 55.5 Å². The summed E-state index contributed by atoms with van der Waals surface area (Å²) >= 11 is 9.82. The van der Waals surface area contributed by atoms with Crippen molar-refractivity contribution in [3.63, 3.8) is 0 Å². The van der Waals surface area contributed by atoms with E-state index < -0.39 is 0 Å². The quantitative estimate of drug-likeness (QED) is 0.304. The second-order valence-corrected chi connectivity index (χ2v) is 8.62. The molecular weight excluding hydrogens is 495 g/mol. The lowest BCUT2D eigenvalue weighted by molar-refractivity contribution is 0.0982. The van der Waals surface area contributed by atoms with Crippen molar-refractivity contribution in [2.45, 2.75) is 13.5 Å². The Morgan fingerprint density at radius 1 is 1.26 bits per heavy atom. The number of rotatable bonds is 4. The van der Waals surface area contributed by atoms with Gasteiger partial charge >= 0.3 is 0 Å². The Labute approximate surface area is 178 Å². The van der Waals surface area contributed by atoms with E-state index >= 15 is 0 Å². The monoisotopic (exact) mass is 508 g/mol. The van der Waals surface area contributed by atoms with E-state index in [0.717, 1.165) is 19.4 Å². The Morgan fingerprint density at radius 3 is 2.81 bits per heavy atom. The summed E-state index contributed by atoms with van der Waals surface area (Å²) in [4.78, 5) is 19.7. The van der Waals surface area contributed by atoms with E-state index in [1.54, 1.807) is 11.2 Å². The summed E-state index contributed by atoms with van der Waals surface area (Å²) < 4.78 is 7.33. The summed E-state index contributed by atoms with van der Waals surface area (Å²) in [6.07, 6.45) is 1.60. The number of nitrogens with zero attached hydrogens (tertiary/aromatic N) is 2. The Hall–Kier alpha value is -1.90. The highest BCUT2D eigenvalue weighted by Crippen LogP contribution is 2.34. The van der Waals surface area contributed by atoms with Crippen LogP contribution in [0.4, 0.5) is 5.13 Å². The highest BCUT2D eigenvalue weighted by Gasteiger charge is 2.24. The number of amides is 1. The van der Waals surface area contributed by atoms with Gasteiger partial charge in [-0.15, -0.1) is 0 Å². The second kappa shape index (κ2) is 7.61. The van der Waals surface area contributed by atoms with Gasteiger partial charge in [-0.3, -0.25) is 9.69 Å². The molecule has 2 aromatic carbocycles. The molecule has 0 aliphatic heterocycles. The molecular formula is C20H14ClIN2O2S. The standard InChI is InChI=1S/C20H14ClIN2O2S/c1-12-9-13(21)10-17-18(12)23-20(27-17)24(11-14-5-4-8-26-14)19(25)15-6-2-3-7-16(15)22/h2-10H,11H2,1H3. The number of anilines is 1. The van der Waals surface area contributed by atoms with Crippen LogP contribution in [0.5, 0.6) is 0 Å². The fourth-order valence-corrected chi connectivity index (χ4v) is 4.86. The van der Waals surface area contributed by atoms with Crippen molar-refractivity contribution in [1.29, 1.82) is 0 Å². The summed E-state index contributed by atoms with van der Waals surface area (Å²) in [5.74, 6) is 0.586. The number of fused-ring (bicyclic) bond motifs is 1. The van der Waals surface area contributed by atoms with Crippen LogP contribution in [0.3, 0.4) is 0 Å². The summed E-state index contributed by atoms with van der Waals surface area (Å²) in [6, 6.07) is 15.0. The molecule has 0 saturated carbocycles. The first-order chi connectivity index (χ1) is 13.0. The van der Waals surface area contributed by atoms with Crippen LogP contribution >= 0.6 is 45.5 Å². The third-order valence-electron chi connectivity index (χ3n) is 4.11. The third-order valence-corrected chi connectivity index (χ3v) is 6.30. The topological polar surface area (TPSA) is 46.3 Å². The molecule has 0 unspecified atom stereocenters. The largest absolute Gasteiger partial charge is 0.467 e. The summed E-state index contributed by atoms with van der Waals surface area (Å²) in [5, 5.41) is 1.29. The summed E-state index contributed by atoms with van der Waals surface area (Å²) in [5.41, 5.74) is 2.48. The Kier molecular flexibility index (Phi) is 5.21. The number of thiazole rings is 1. The van der Waals surface area contributed by atoms with Crippen LogP contribution in [-0.4, -0.2) is 10.9 Å². The fraction of sp³-hybridized carbons (Fsp3) is 0.100. The lowest BCUT2D eigenvalue weighted by atomic mass is 10.2. The van der Waals surface area contributed by atoms with Crippen molar-refractivity contribution < 1.29 is 9.21 Å². The molecule has 0 aliphatic carbocycles. The summed E-state index contributed by atoms with van der Waals surface area (Å²) in [7, 11) is 0.